The van der Waals surface area contributed by atoms with Gasteiger partial charge >= 0.3 is 6.18 Å². The van der Waals surface area contributed by atoms with Gasteiger partial charge in [0, 0.05) is 16.9 Å². The molecule has 19 heavy (non-hydrogen) atoms. The summed E-state index contributed by atoms with van der Waals surface area (Å²) >= 11 is 3.11. The molecule has 0 spiro atoms. The molecule has 1 atom stereocenters. The van der Waals surface area contributed by atoms with Gasteiger partial charge in [0.25, 0.3) is 0 Å². The van der Waals surface area contributed by atoms with E-state index >= 15 is 0 Å². The number of carbonyl (C=O) groups excluding carboxylic acids is 1. The van der Waals surface area contributed by atoms with Crippen molar-refractivity contribution in [3.8, 4) is 6.07 Å². The third kappa shape index (κ3) is 3.96. The summed E-state index contributed by atoms with van der Waals surface area (Å²) in [5.74, 6) is -0.764. The van der Waals surface area contributed by atoms with Crippen molar-refractivity contribution in [1.82, 2.24) is 0 Å². The smallest absolute Gasteiger partial charge is 0.326 e. The largest absolute Gasteiger partial charge is 0.417 e. The number of nitrogens with zero attached hydrogens (tertiary/aromatic N) is 1. The molecule has 1 amide bonds. The van der Waals surface area contributed by atoms with Gasteiger partial charge in [-0.1, -0.05) is 22.9 Å². The van der Waals surface area contributed by atoms with Crippen LogP contribution in [0.5, 0.6) is 0 Å². The second kappa shape index (κ2) is 6.06. The van der Waals surface area contributed by atoms with Crippen LogP contribution in [-0.4, -0.2) is 11.2 Å². The van der Waals surface area contributed by atoms with Crippen LogP contribution in [0.1, 0.15) is 18.1 Å². The molecule has 0 aliphatic carbocycles. The highest BCUT2D eigenvalue weighted by Gasteiger charge is 2.34. The molecule has 0 aliphatic heterocycles. The first-order chi connectivity index (χ1) is 8.79. The minimum absolute atomic E-state index is 0.0177. The Morgan fingerprint density at radius 2 is 2.16 bits per heavy atom. The number of benzene rings is 1. The zero-order valence-corrected chi connectivity index (χ0v) is 11.5. The molecule has 1 N–H and O–H groups in total. The van der Waals surface area contributed by atoms with Crippen LogP contribution in [0.4, 0.5) is 18.9 Å². The van der Waals surface area contributed by atoms with Crippen molar-refractivity contribution in [2.45, 2.75) is 13.1 Å². The van der Waals surface area contributed by atoms with E-state index < -0.39 is 23.2 Å². The van der Waals surface area contributed by atoms with Crippen molar-refractivity contribution < 1.29 is 18.0 Å². The number of halogens is 4. The Hall–Kier alpha value is -1.55. The highest BCUT2D eigenvalue weighted by atomic mass is 79.9. The fraction of sp³-hybridized carbons (Fsp3) is 0.333. The van der Waals surface area contributed by atoms with E-state index in [-0.39, 0.29) is 11.6 Å². The number of hydrogen-bond donors (Lipinski definition) is 1. The van der Waals surface area contributed by atoms with E-state index in [0.29, 0.717) is 5.33 Å². The minimum Gasteiger partial charge on any atom is -0.326 e. The van der Waals surface area contributed by atoms with Crippen molar-refractivity contribution in [2.24, 2.45) is 5.92 Å². The summed E-state index contributed by atoms with van der Waals surface area (Å²) in [6.45, 7) is 1.64. The van der Waals surface area contributed by atoms with E-state index in [2.05, 4.69) is 21.2 Å². The molecule has 0 bridgehead atoms. The molecule has 0 fully saturated rings. The summed E-state index contributed by atoms with van der Waals surface area (Å²) in [5, 5.41) is 11.4. The van der Waals surface area contributed by atoms with Gasteiger partial charge in [-0.15, -0.1) is 0 Å². The first-order valence-electron chi connectivity index (χ1n) is 5.27. The standard InChI is InChI=1S/C12H10BrF3N2O/c1-7(5-13)11(19)18-9-3-2-8(6-17)10(4-9)12(14,15)16/h2-4,7H,5H2,1H3,(H,18,19)/t7-/m0/s1. The van der Waals surface area contributed by atoms with E-state index in [4.69, 9.17) is 5.26 Å². The lowest BCUT2D eigenvalue weighted by Crippen LogP contribution is -2.21. The third-order valence-corrected chi connectivity index (χ3v) is 3.36. The Labute approximate surface area is 116 Å². The number of anilines is 1. The van der Waals surface area contributed by atoms with Gasteiger partial charge in [0.15, 0.2) is 0 Å². The second-order valence-corrected chi connectivity index (χ2v) is 4.56. The SMILES string of the molecule is C[C@@H](CBr)C(=O)Nc1ccc(C#N)c(C(F)(F)F)c1. The molecule has 0 unspecified atom stereocenters. The molecular formula is C12H10BrF3N2O. The minimum atomic E-state index is -4.63. The topological polar surface area (TPSA) is 52.9 Å². The maximum absolute atomic E-state index is 12.7. The summed E-state index contributed by atoms with van der Waals surface area (Å²) in [6, 6.07) is 4.55. The highest BCUT2D eigenvalue weighted by Crippen LogP contribution is 2.33. The predicted molar refractivity (Wildman–Crippen MR) is 67.7 cm³/mol. The van der Waals surface area contributed by atoms with E-state index in [1.165, 1.54) is 12.1 Å². The number of alkyl halides is 4. The zero-order chi connectivity index (χ0) is 14.6. The van der Waals surface area contributed by atoms with Gasteiger partial charge in [0.1, 0.15) is 0 Å². The van der Waals surface area contributed by atoms with Crippen LogP contribution < -0.4 is 5.32 Å². The molecule has 1 aromatic rings. The average Bonchev–Trinajstić information content (AvgIpc) is 2.36. The highest BCUT2D eigenvalue weighted by molar-refractivity contribution is 9.09. The maximum Gasteiger partial charge on any atom is 0.417 e. The first kappa shape index (κ1) is 15.5. The lowest BCUT2D eigenvalue weighted by atomic mass is 10.1. The van der Waals surface area contributed by atoms with E-state index in [0.717, 1.165) is 12.1 Å². The van der Waals surface area contributed by atoms with Crippen LogP contribution in [0.3, 0.4) is 0 Å². The van der Waals surface area contributed by atoms with E-state index in [1.807, 2.05) is 0 Å². The number of hydrogen-bond acceptors (Lipinski definition) is 2. The second-order valence-electron chi connectivity index (χ2n) is 3.91. The van der Waals surface area contributed by atoms with E-state index in [1.54, 1.807) is 6.92 Å². The van der Waals surface area contributed by atoms with Crippen LogP contribution in [0.15, 0.2) is 18.2 Å². The van der Waals surface area contributed by atoms with Crippen molar-refractivity contribution in [2.75, 3.05) is 10.6 Å². The summed E-state index contributed by atoms with van der Waals surface area (Å²) < 4.78 is 38.1. The Bertz CT molecular complexity index is 523. The fourth-order valence-electron chi connectivity index (χ4n) is 1.29. The molecule has 1 aromatic carbocycles. The van der Waals surface area contributed by atoms with Gasteiger partial charge in [0.05, 0.1) is 17.2 Å². The first-order valence-corrected chi connectivity index (χ1v) is 6.40. The van der Waals surface area contributed by atoms with Gasteiger partial charge < -0.3 is 5.32 Å². The number of nitriles is 1. The maximum atomic E-state index is 12.7. The summed E-state index contributed by atoms with van der Waals surface area (Å²) in [6.07, 6.45) is -4.63. The van der Waals surface area contributed by atoms with Crippen LogP contribution in [0.25, 0.3) is 0 Å². The summed E-state index contributed by atoms with van der Waals surface area (Å²) in [4.78, 5) is 11.6. The molecule has 1 rings (SSSR count). The van der Waals surface area contributed by atoms with Crippen LogP contribution >= 0.6 is 15.9 Å². The number of amides is 1. The Morgan fingerprint density at radius 1 is 1.53 bits per heavy atom. The van der Waals surface area contributed by atoms with Gasteiger partial charge in [-0.05, 0) is 18.2 Å². The lowest BCUT2D eigenvalue weighted by Gasteiger charge is -2.13. The molecule has 0 radical (unpaired) electrons. The van der Waals surface area contributed by atoms with Crippen molar-refractivity contribution in [1.29, 1.82) is 5.26 Å². The van der Waals surface area contributed by atoms with E-state index in [9.17, 15) is 18.0 Å². The van der Waals surface area contributed by atoms with Crippen LogP contribution in [0, 0.1) is 17.2 Å². The Kier molecular flexibility index (Phi) is 4.95. The molecule has 0 saturated carbocycles. The molecule has 7 heteroatoms. The molecule has 0 heterocycles. The van der Waals surface area contributed by atoms with Gasteiger partial charge in [0.2, 0.25) is 5.91 Å². The molecule has 0 aliphatic rings. The van der Waals surface area contributed by atoms with Crippen molar-refractivity contribution in [3.05, 3.63) is 29.3 Å². The summed E-state index contributed by atoms with van der Waals surface area (Å²) in [7, 11) is 0. The molecule has 0 aromatic heterocycles. The fourth-order valence-corrected chi connectivity index (χ4v) is 1.58. The lowest BCUT2D eigenvalue weighted by molar-refractivity contribution is -0.137. The predicted octanol–water partition coefficient (Wildman–Crippen LogP) is 3.55. The summed E-state index contributed by atoms with van der Waals surface area (Å²) in [5.41, 5.74) is -1.51. The van der Waals surface area contributed by atoms with Gasteiger partial charge in [-0.3, -0.25) is 4.79 Å². The third-order valence-electron chi connectivity index (χ3n) is 2.39. The average molecular weight is 335 g/mol. The zero-order valence-electron chi connectivity index (χ0n) is 9.88. The number of carbonyl (C=O) groups is 1. The van der Waals surface area contributed by atoms with Crippen molar-refractivity contribution >= 4 is 27.5 Å². The monoisotopic (exact) mass is 334 g/mol. The van der Waals surface area contributed by atoms with Gasteiger partial charge in [-0.25, -0.2) is 0 Å². The Balaban J connectivity index is 3.07. The molecule has 102 valence electrons. The number of nitrogens with one attached hydrogen (secondary N) is 1. The number of rotatable bonds is 3. The van der Waals surface area contributed by atoms with Crippen LogP contribution in [0.2, 0.25) is 0 Å². The molecule has 3 nitrogen and oxygen atoms in total. The normalized spacial score (nSPS) is 12.6. The van der Waals surface area contributed by atoms with Gasteiger partial charge in [-0.2, -0.15) is 18.4 Å². The van der Waals surface area contributed by atoms with Crippen LogP contribution in [-0.2, 0) is 11.0 Å². The molecule has 0 saturated heterocycles. The molecular weight excluding hydrogens is 325 g/mol. The van der Waals surface area contributed by atoms with Crippen molar-refractivity contribution in [3.63, 3.8) is 0 Å². The Morgan fingerprint density at radius 3 is 2.63 bits per heavy atom. The quantitative estimate of drug-likeness (QED) is 0.859.